The maximum absolute atomic E-state index is 12.4. The summed E-state index contributed by atoms with van der Waals surface area (Å²) < 4.78 is 5.24. The number of hydrogen-bond donors (Lipinski definition) is 3. The van der Waals surface area contributed by atoms with Gasteiger partial charge in [-0.15, -0.1) is 12.4 Å². The van der Waals surface area contributed by atoms with Crippen molar-refractivity contribution in [2.45, 2.75) is 19.3 Å². The number of carbonyl (C=O) groups excluding carboxylic acids is 2. The number of hydrogen-bond acceptors (Lipinski definition) is 4. The van der Waals surface area contributed by atoms with Gasteiger partial charge in [0.15, 0.2) is 6.61 Å². The molecule has 1 aliphatic heterocycles. The molecule has 1 unspecified atom stereocenters. The van der Waals surface area contributed by atoms with Gasteiger partial charge in [0, 0.05) is 17.7 Å². The maximum Gasteiger partial charge on any atom is 0.255 e. The van der Waals surface area contributed by atoms with E-state index in [2.05, 4.69) is 10.6 Å². The Morgan fingerprint density at radius 2 is 2.09 bits per heavy atom. The van der Waals surface area contributed by atoms with E-state index in [-0.39, 0.29) is 36.3 Å². The molecule has 0 aromatic heterocycles. The minimum Gasteiger partial charge on any atom is -0.484 e. The number of ether oxygens (including phenoxy) is 1. The monoisotopic (exact) mass is 339 g/mol. The first-order valence-electron chi connectivity index (χ1n) is 7.62. The Bertz CT molecular complexity index is 588. The number of rotatable bonds is 5. The van der Waals surface area contributed by atoms with Crippen LogP contribution in [0.5, 0.6) is 5.75 Å². The molecule has 3 rings (SSSR count). The SMILES string of the molecule is Cl.NC(=O)COc1cccc(NC(=O)C2CC23CCNCC3)c1. The zero-order valence-corrected chi connectivity index (χ0v) is 13.7. The average molecular weight is 340 g/mol. The zero-order valence-electron chi connectivity index (χ0n) is 12.8. The highest BCUT2D eigenvalue weighted by Crippen LogP contribution is 2.58. The molecule has 1 aromatic carbocycles. The number of halogens is 1. The second-order valence-corrected chi connectivity index (χ2v) is 6.14. The highest BCUT2D eigenvalue weighted by molar-refractivity contribution is 5.95. The number of benzene rings is 1. The molecule has 6 nitrogen and oxygen atoms in total. The molecule has 2 aliphatic rings. The van der Waals surface area contributed by atoms with Crippen LogP contribution >= 0.6 is 12.4 Å². The summed E-state index contributed by atoms with van der Waals surface area (Å²) in [4.78, 5) is 23.1. The van der Waals surface area contributed by atoms with E-state index in [4.69, 9.17) is 10.5 Å². The molecule has 2 fully saturated rings. The van der Waals surface area contributed by atoms with Gasteiger partial charge in [0.2, 0.25) is 5.91 Å². The van der Waals surface area contributed by atoms with Crippen LogP contribution in [0, 0.1) is 11.3 Å². The maximum atomic E-state index is 12.4. The standard InChI is InChI=1S/C16H21N3O3.ClH/c17-14(20)10-22-12-3-1-2-11(8-12)19-15(21)13-9-16(13)4-6-18-7-5-16;/h1-3,8,13,18H,4-7,9-10H2,(H2,17,20)(H,19,21);1H. The molecular formula is C16H22ClN3O3. The van der Waals surface area contributed by atoms with Crippen LogP contribution in [0.2, 0.25) is 0 Å². The highest BCUT2D eigenvalue weighted by Gasteiger charge is 2.57. The third kappa shape index (κ3) is 4.14. The minimum atomic E-state index is -0.528. The first-order chi connectivity index (χ1) is 10.6. The van der Waals surface area contributed by atoms with E-state index in [1.54, 1.807) is 18.2 Å². The van der Waals surface area contributed by atoms with Crippen molar-refractivity contribution in [1.82, 2.24) is 5.32 Å². The first kappa shape index (κ1) is 17.6. The van der Waals surface area contributed by atoms with Crippen molar-refractivity contribution in [2.24, 2.45) is 17.1 Å². The van der Waals surface area contributed by atoms with Crippen LogP contribution in [0.3, 0.4) is 0 Å². The lowest BCUT2D eigenvalue weighted by Gasteiger charge is -2.23. The van der Waals surface area contributed by atoms with Gasteiger partial charge in [-0.25, -0.2) is 0 Å². The van der Waals surface area contributed by atoms with Gasteiger partial charge in [0.1, 0.15) is 5.75 Å². The largest absolute Gasteiger partial charge is 0.484 e. The smallest absolute Gasteiger partial charge is 0.255 e. The van der Waals surface area contributed by atoms with Crippen molar-refractivity contribution in [3.05, 3.63) is 24.3 Å². The molecule has 1 atom stereocenters. The molecule has 1 aliphatic carbocycles. The third-order valence-corrected chi connectivity index (χ3v) is 4.59. The van der Waals surface area contributed by atoms with Crippen LogP contribution in [0.1, 0.15) is 19.3 Å². The molecule has 1 saturated carbocycles. The fourth-order valence-corrected chi connectivity index (χ4v) is 3.24. The summed E-state index contributed by atoms with van der Waals surface area (Å²) in [6, 6.07) is 7.02. The molecule has 126 valence electrons. The molecule has 2 amide bonds. The van der Waals surface area contributed by atoms with Crippen LogP contribution in [-0.4, -0.2) is 31.5 Å². The van der Waals surface area contributed by atoms with Gasteiger partial charge in [0.25, 0.3) is 5.91 Å². The number of anilines is 1. The van der Waals surface area contributed by atoms with E-state index in [1.165, 1.54) is 0 Å². The topological polar surface area (TPSA) is 93.5 Å². The molecule has 1 heterocycles. The molecule has 4 N–H and O–H groups in total. The molecular weight excluding hydrogens is 318 g/mol. The molecule has 1 saturated heterocycles. The fraction of sp³-hybridized carbons (Fsp3) is 0.500. The summed E-state index contributed by atoms with van der Waals surface area (Å²) in [6.45, 7) is 1.83. The van der Waals surface area contributed by atoms with E-state index < -0.39 is 5.91 Å². The molecule has 0 bridgehead atoms. The molecule has 7 heteroatoms. The van der Waals surface area contributed by atoms with Crippen LogP contribution in [-0.2, 0) is 9.59 Å². The first-order valence-corrected chi connectivity index (χ1v) is 7.62. The number of nitrogens with two attached hydrogens (primary N) is 1. The number of primary amides is 1. The van der Waals surface area contributed by atoms with Gasteiger partial charge >= 0.3 is 0 Å². The van der Waals surface area contributed by atoms with Crippen molar-refractivity contribution >= 4 is 29.9 Å². The lowest BCUT2D eigenvalue weighted by molar-refractivity contribution is -0.120. The van der Waals surface area contributed by atoms with Crippen LogP contribution in [0.25, 0.3) is 0 Å². The second kappa shape index (κ2) is 7.19. The van der Waals surface area contributed by atoms with Crippen LogP contribution < -0.4 is 21.1 Å². The van der Waals surface area contributed by atoms with Gasteiger partial charge in [-0.05, 0) is 49.9 Å². The molecule has 23 heavy (non-hydrogen) atoms. The normalized spacial score (nSPS) is 21.1. The Kier molecular flexibility index (Phi) is 5.49. The molecule has 0 radical (unpaired) electrons. The molecule has 1 spiro atoms. The van der Waals surface area contributed by atoms with Crippen molar-refractivity contribution in [2.75, 3.05) is 25.0 Å². The number of nitrogens with one attached hydrogen (secondary N) is 2. The van der Waals surface area contributed by atoms with E-state index in [1.807, 2.05) is 6.07 Å². The summed E-state index contributed by atoms with van der Waals surface area (Å²) in [7, 11) is 0. The van der Waals surface area contributed by atoms with Gasteiger partial charge in [-0.3, -0.25) is 9.59 Å². The van der Waals surface area contributed by atoms with E-state index in [0.717, 1.165) is 32.4 Å². The second-order valence-electron chi connectivity index (χ2n) is 6.14. The van der Waals surface area contributed by atoms with E-state index in [0.29, 0.717) is 11.4 Å². The van der Waals surface area contributed by atoms with Crippen molar-refractivity contribution < 1.29 is 14.3 Å². The van der Waals surface area contributed by atoms with Crippen molar-refractivity contribution in [3.8, 4) is 5.75 Å². The van der Waals surface area contributed by atoms with Gasteiger partial charge in [0.05, 0.1) is 0 Å². The Morgan fingerprint density at radius 3 is 2.78 bits per heavy atom. The lowest BCUT2D eigenvalue weighted by Crippen LogP contribution is -2.31. The van der Waals surface area contributed by atoms with Crippen molar-refractivity contribution in [1.29, 1.82) is 0 Å². The summed E-state index contributed by atoms with van der Waals surface area (Å²) in [5.41, 5.74) is 5.95. The highest BCUT2D eigenvalue weighted by atomic mass is 35.5. The Hall–Kier alpha value is -1.79. The number of piperidine rings is 1. The van der Waals surface area contributed by atoms with Crippen LogP contribution in [0.15, 0.2) is 24.3 Å². The Morgan fingerprint density at radius 1 is 1.35 bits per heavy atom. The minimum absolute atomic E-state index is 0. The Labute approximate surface area is 141 Å². The molecule has 1 aromatic rings. The van der Waals surface area contributed by atoms with Gasteiger partial charge in [-0.2, -0.15) is 0 Å². The van der Waals surface area contributed by atoms with E-state index >= 15 is 0 Å². The van der Waals surface area contributed by atoms with Crippen molar-refractivity contribution in [3.63, 3.8) is 0 Å². The lowest BCUT2D eigenvalue weighted by atomic mass is 9.92. The summed E-state index contributed by atoms with van der Waals surface area (Å²) in [5.74, 6) is 0.183. The predicted molar refractivity (Wildman–Crippen MR) is 89.7 cm³/mol. The number of amides is 2. The average Bonchev–Trinajstić information content (AvgIpc) is 3.20. The Balaban J connectivity index is 0.00000192. The van der Waals surface area contributed by atoms with E-state index in [9.17, 15) is 9.59 Å². The third-order valence-electron chi connectivity index (χ3n) is 4.59. The number of carbonyl (C=O) groups is 2. The summed E-state index contributed by atoms with van der Waals surface area (Å²) in [5, 5.41) is 6.28. The fourth-order valence-electron chi connectivity index (χ4n) is 3.24. The quantitative estimate of drug-likeness (QED) is 0.753. The predicted octanol–water partition coefficient (Wildman–Crippen LogP) is 1.30. The van der Waals surface area contributed by atoms with Gasteiger partial charge in [-0.1, -0.05) is 6.07 Å². The van der Waals surface area contributed by atoms with Crippen LogP contribution in [0.4, 0.5) is 5.69 Å². The summed E-state index contributed by atoms with van der Waals surface area (Å²) in [6.07, 6.45) is 3.14. The summed E-state index contributed by atoms with van der Waals surface area (Å²) >= 11 is 0. The van der Waals surface area contributed by atoms with Gasteiger partial charge < -0.3 is 21.1 Å². The zero-order chi connectivity index (χ0) is 15.6.